The van der Waals surface area contributed by atoms with Crippen molar-refractivity contribution in [3.63, 3.8) is 0 Å². The van der Waals surface area contributed by atoms with Gasteiger partial charge in [-0.2, -0.15) is 13.2 Å². The van der Waals surface area contributed by atoms with Crippen LogP contribution < -0.4 is 5.32 Å². The van der Waals surface area contributed by atoms with Crippen molar-refractivity contribution < 1.29 is 27.9 Å². The molecule has 0 spiro atoms. The summed E-state index contributed by atoms with van der Waals surface area (Å²) < 4.78 is 37.1. The number of pyridine rings is 1. The predicted molar refractivity (Wildman–Crippen MR) is 135 cm³/mol. The van der Waals surface area contributed by atoms with E-state index in [0.29, 0.717) is 6.04 Å². The Labute approximate surface area is 215 Å². The smallest absolute Gasteiger partial charge is 0.405 e. The fourth-order valence-corrected chi connectivity index (χ4v) is 6.00. The van der Waals surface area contributed by atoms with Crippen LogP contribution in [0.25, 0.3) is 27.7 Å². The highest BCUT2D eigenvalue weighted by Gasteiger charge is 2.30. The van der Waals surface area contributed by atoms with E-state index in [9.17, 15) is 27.9 Å². The monoisotopic (exact) mass is 532 g/mol. The summed E-state index contributed by atoms with van der Waals surface area (Å²) in [7, 11) is 0. The summed E-state index contributed by atoms with van der Waals surface area (Å²) in [4.78, 5) is 33.8. The number of aromatic amines is 1. The molecule has 0 bridgehead atoms. The lowest BCUT2D eigenvalue weighted by Crippen LogP contribution is -2.41. The minimum atomic E-state index is -4.45. The molecule has 37 heavy (non-hydrogen) atoms. The van der Waals surface area contributed by atoms with Crippen LogP contribution in [0.3, 0.4) is 0 Å². The lowest BCUT2D eigenvalue weighted by molar-refractivity contribution is -0.143. The third-order valence-corrected chi connectivity index (χ3v) is 8.15. The van der Waals surface area contributed by atoms with Crippen molar-refractivity contribution in [2.75, 3.05) is 19.6 Å². The topological polar surface area (TPSA) is 98.3 Å². The highest BCUT2D eigenvalue weighted by atomic mass is 32.1. The maximum atomic E-state index is 12.4. The van der Waals surface area contributed by atoms with Crippen LogP contribution in [0, 0.1) is 5.92 Å². The van der Waals surface area contributed by atoms with E-state index < -0.39 is 24.6 Å². The largest absolute Gasteiger partial charge is 0.481 e. The number of carbonyl (C=O) groups is 2. The highest BCUT2D eigenvalue weighted by Crippen LogP contribution is 2.33. The Morgan fingerprint density at radius 1 is 1.16 bits per heavy atom. The second-order valence-electron chi connectivity index (χ2n) is 9.66. The second kappa shape index (κ2) is 10.3. The molecule has 2 aliphatic rings. The first-order valence-corrected chi connectivity index (χ1v) is 13.1. The van der Waals surface area contributed by atoms with Gasteiger partial charge in [-0.3, -0.25) is 14.5 Å². The van der Waals surface area contributed by atoms with Gasteiger partial charge >= 0.3 is 12.1 Å². The number of H-pyrrole nitrogens is 1. The zero-order valence-electron chi connectivity index (χ0n) is 20.0. The van der Waals surface area contributed by atoms with E-state index in [-0.39, 0.29) is 10.8 Å². The van der Waals surface area contributed by atoms with Crippen LogP contribution in [-0.4, -0.2) is 63.7 Å². The molecule has 3 aromatic rings. The number of hydrogen-bond donors (Lipinski definition) is 3. The summed E-state index contributed by atoms with van der Waals surface area (Å²) in [6.07, 6.45) is 3.68. The summed E-state index contributed by atoms with van der Waals surface area (Å²) in [5, 5.41) is 13.8. The molecular formula is C26H27F3N4O3S. The van der Waals surface area contributed by atoms with Crippen LogP contribution in [0.15, 0.2) is 35.9 Å². The van der Waals surface area contributed by atoms with Crippen molar-refractivity contribution in [1.82, 2.24) is 20.2 Å². The number of halogens is 3. The van der Waals surface area contributed by atoms with Crippen LogP contribution >= 0.6 is 11.3 Å². The molecular weight excluding hydrogens is 505 g/mol. The number of aliphatic carboxylic acids is 1. The maximum absolute atomic E-state index is 12.4. The van der Waals surface area contributed by atoms with Crippen molar-refractivity contribution in [1.29, 1.82) is 0 Å². The molecule has 3 N–H and O–H groups in total. The Hall–Kier alpha value is -3.18. The molecule has 0 saturated heterocycles. The zero-order valence-corrected chi connectivity index (χ0v) is 20.8. The van der Waals surface area contributed by atoms with E-state index in [2.05, 4.69) is 27.0 Å². The van der Waals surface area contributed by atoms with E-state index in [1.54, 1.807) is 17.6 Å². The van der Waals surface area contributed by atoms with E-state index >= 15 is 0 Å². The molecule has 1 saturated carbocycles. The third kappa shape index (κ3) is 5.88. The Kier molecular flexibility index (Phi) is 7.09. The van der Waals surface area contributed by atoms with Gasteiger partial charge in [0.2, 0.25) is 0 Å². The number of nitrogens with zero attached hydrogens (tertiary/aromatic N) is 2. The summed E-state index contributed by atoms with van der Waals surface area (Å²) in [5.41, 5.74) is 4.47. The Morgan fingerprint density at radius 3 is 2.62 bits per heavy atom. The molecule has 7 nitrogen and oxygen atoms in total. The van der Waals surface area contributed by atoms with Crippen molar-refractivity contribution in [2.24, 2.45) is 5.92 Å². The number of carbonyl (C=O) groups excluding carboxylic acids is 1. The average molecular weight is 533 g/mol. The molecule has 0 radical (unpaired) electrons. The third-order valence-electron chi connectivity index (χ3n) is 7.22. The van der Waals surface area contributed by atoms with Crippen molar-refractivity contribution in [2.45, 2.75) is 44.3 Å². The van der Waals surface area contributed by atoms with Gasteiger partial charge in [-0.25, -0.2) is 4.98 Å². The molecule has 3 aromatic heterocycles. The zero-order chi connectivity index (χ0) is 26.2. The van der Waals surface area contributed by atoms with Crippen LogP contribution in [0.5, 0.6) is 0 Å². The van der Waals surface area contributed by atoms with Gasteiger partial charge in [-0.1, -0.05) is 6.08 Å². The maximum Gasteiger partial charge on any atom is 0.405 e. The van der Waals surface area contributed by atoms with Gasteiger partial charge in [-0.15, -0.1) is 11.3 Å². The van der Waals surface area contributed by atoms with E-state index in [0.717, 1.165) is 84.4 Å². The number of hydrogen-bond acceptors (Lipinski definition) is 5. The fourth-order valence-electron chi connectivity index (χ4n) is 5.17. The summed E-state index contributed by atoms with van der Waals surface area (Å²) in [6, 6.07) is 6.02. The standard InChI is InChI=1S/C26H27F3N4O3S/c27-26(28,29)14-31-24(34)22-11-19(13-37-22)18-9-17-10-21(32-23(17)30-12-18)15-5-7-33(8-6-15)20-3-1-16(2-4-20)25(35)36/h5,9-13,16,20H,1-4,6-8,14H2,(H,30,32)(H,31,34)(H,35,36). The Balaban J connectivity index is 1.24. The molecule has 1 aliphatic carbocycles. The van der Waals surface area contributed by atoms with Gasteiger partial charge in [-0.05, 0) is 66.8 Å². The van der Waals surface area contributed by atoms with Crippen LogP contribution in [0.2, 0.25) is 0 Å². The van der Waals surface area contributed by atoms with Gasteiger partial charge in [0.05, 0.1) is 10.8 Å². The number of nitrogens with one attached hydrogen (secondary N) is 2. The van der Waals surface area contributed by atoms with Gasteiger partial charge in [0.15, 0.2) is 0 Å². The number of carboxylic acids is 1. The van der Waals surface area contributed by atoms with Crippen LogP contribution in [0.1, 0.15) is 47.5 Å². The average Bonchev–Trinajstić information content (AvgIpc) is 3.54. The Bertz CT molecular complexity index is 1340. The number of amides is 1. The molecule has 11 heteroatoms. The minimum Gasteiger partial charge on any atom is -0.481 e. The van der Waals surface area contributed by atoms with E-state index in [1.165, 1.54) is 5.57 Å². The molecule has 1 aliphatic heterocycles. The highest BCUT2D eigenvalue weighted by molar-refractivity contribution is 7.12. The number of thiophene rings is 1. The summed E-state index contributed by atoms with van der Waals surface area (Å²) >= 11 is 1.09. The summed E-state index contributed by atoms with van der Waals surface area (Å²) in [6.45, 7) is 0.397. The molecule has 0 unspecified atom stereocenters. The van der Waals surface area contributed by atoms with Crippen molar-refractivity contribution in [3.05, 3.63) is 46.4 Å². The number of fused-ring (bicyclic) bond motifs is 1. The molecule has 1 fully saturated rings. The molecule has 196 valence electrons. The molecule has 4 heterocycles. The van der Waals surface area contributed by atoms with Crippen LogP contribution in [-0.2, 0) is 4.79 Å². The quantitative estimate of drug-likeness (QED) is 0.399. The lowest BCUT2D eigenvalue weighted by atomic mass is 9.85. The van der Waals surface area contributed by atoms with E-state index in [1.807, 2.05) is 11.4 Å². The number of rotatable bonds is 6. The van der Waals surface area contributed by atoms with Crippen molar-refractivity contribution in [3.8, 4) is 11.1 Å². The van der Waals surface area contributed by atoms with Crippen molar-refractivity contribution >= 4 is 39.8 Å². The Morgan fingerprint density at radius 2 is 1.95 bits per heavy atom. The van der Waals surface area contributed by atoms with Gasteiger partial charge in [0, 0.05) is 42.0 Å². The first-order valence-electron chi connectivity index (χ1n) is 12.2. The van der Waals surface area contributed by atoms with Gasteiger partial charge in [0.25, 0.3) is 5.91 Å². The lowest BCUT2D eigenvalue weighted by Gasteiger charge is -2.37. The predicted octanol–water partition coefficient (Wildman–Crippen LogP) is 5.32. The van der Waals surface area contributed by atoms with E-state index in [4.69, 9.17) is 0 Å². The number of carboxylic acid groups (broad SMARTS) is 1. The normalized spacial score (nSPS) is 21.1. The first-order chi connectivity index (χ1) is 17.7. The number of alkyl halides is 3. The van der Waals surface area contributed by atoms with Gasteiger partial charge in [0.1, 0.15) is 12.2 Å². The second-order valence-corrected chi connectivity index (χ2v) is 10.6. The molecule has 1 amide bonds. The molecule has 0 aromatic carbocycles. The molecule has 0 atom stereocenters. The SMILES string of the molecule is O=C(NCC(F)(F)F)c1cc(-c2cnc3[nH]c(C4=CCN(C5CCC(C(=O)O)CC5)CC4)cc3c2)cs1. The summed E-state index contributed by atoms with van der Waals surface area (Å²) in [5.74, 6) is -1.64. The first kappa shape index (κ1) is 25.5. The fraction of sp³-hybridized carbons (Fsp3) is 0.423. The number of aromatic nitrogens is 2. The van der Waals surface area contributed by atoms with Crippen LogP contribution in [0.4, 0.5) is 13.2 Å². The minimum absolute atomic E-state index is 0.205. The molecule has 5 rings (SSSR count). The van der Waals surface area contributed by atoms with Gasteiger partial charge < -0.3 is 15.4 Å².